The normalized spacial score (nSPS) is 12.7. The van der Waals surface area contributed by atoms with E-state index in [2.05, 4.69) is 31.2 Å². The van der Waals surface area contributed by atoms with Crippen molar-refractivity contribution in [2.45, 2.75) is 38.7 Å². The Balaban J connectivity index is 2.42. The minimum Gasteiger partial charge on any atom is -0.392 e. The second kappa shape index (κ2) is 6.59. The number of hydrogen-bond donors (Lipinski definition) is 2. The first kappa shape index (κ1) is 12.2. The molecule has 1 unspecified atom stereocenters. The molecule has 2 heteroatoms. The van der Waals surface area contributed by atoms with Crippen LogP contribution >= 0.6 is 0 Å². The van der Waals surface area contributed by atoms with Crippen molar-refractivity contribution in [3.8, 4) is 0 Å². The van der Waals surface area contributed by atoms with Gasteiger partial charge < -0.3 is 10.8 Å². The van der Waals surface area contributed by atoms with Gasteiger partial charge in [-0.3, -0.25) is 0 Å². The van der Waals surface area contributed by atoms with E-state index in [-0.39, 0.29) is 6.10 Å². The Kier molecular flexibility index (Phi) is 5.37. The summed E-state index contributed by atoms with van der Waals surface area (Å²) in [6.07, 6.45) is 3.63. The van der Waals surface area contributed by atoms with Crippen LogP contribution < -0.4 is 5.73 Å². The minimum absolute atomic E-state index is 0.355. The van der Waals surface area contributed by atoms with Crippen LogP contribution in [0.1, 0.15) is 30.9 Å². The predicted octanol–water partition coefficient (Wildman–Crippen LogP) is 1.89. The lowest BCUT2D eigenvalue weighted by atomic mass is 10.0. The number of hydrogen-bond acceptors (Lipinski definition) is 2. The Morgan fingerprint density at radius 3 is 2.13 bits per heavy atom. The summed E-state index contributed by atoms with van der Waals surface area (Å²) in [5.74, 6) is 0. The average Bonchev–Trinajstić information content (AvgIpc) is 2.28. The summed E-state index contributed by atoms with van der Waals surface area (Å²) in [5.41, 5.74) is 8.02. The van der Waals surface area contributed by atoms with Gasteiger partial charge in [-0.1, -0.05) is 37.6 Å². The highest BCUT2D eigenvalue weighted by molar-refractivity contribution is 5.22. The fourth-order valence-electron chi connectivity index (χ4n) is 1.61. The molecular weight excluding hydrogens is 186 g/mol. The summed E-state index contributed by atoms with van der Waals surface area (Å²) >= 11 is 0. The molecule has 1 rings (SSSR count). The Bertz CT molecular complexity index is 268. The highest BCUT2D eigenvalue weighted by Crippen LogP contribution is 2.09. The van der Waals surface area contributed by atoms with Gasteiger partial charge in [-0.05, 0) is 30.4 Å². The number of nitrogens with two attached hydrogens (primary N) is 1. The van der Waals surface area contributed by atoms with Gasteiger partial charge >= 0.3 is 0 Å². The molecule has 0 aliphatic heterocycles. The van der Waals surface area contributed by atoms with Crippen molar-refractivity contribution in [2.75, 3.05) is 6.54 Å². The molecule has 0 radical (unpaired) electrons. The van der Waals surface area contributed by atoms with Crippen LogP contribution in [-0.2, 0) is 12.8 Å². The fraction of sp³-hybridized carbons (Fsp3) is 0.538. The molecule has 0 aliphatic carbocycles. The second-order valence-corrected chi connectivity index (χ2v) is 3.99. The SMILES string of the molecule is CCCc1ccc(CCC(O)CN)cc1. The van der Waals surface area contributed by atoms with Crippen LogP contribution in [-0.4, -0.2) is 17.8 Å². The summed E-state index contributed by atoms with van der Waals surface area (Å²) in [7, 11) is 0. The Morgan fingerprint density at radius 1 is 1.13 bits per heavy atom. The highest BCUT2D eigenvalue weighted by atomic mass is 16.3. The van der Waals surface area contributed by atoms with Crippen molar-refractivity contribution in [3.63, 3.8) is 0 Å². The van der Waals surface area contributed by atoms with Crippen molar-refractivity contribution >= 4 is 0 Å². The minimum atomic E-state index is -0.361. The first-order valence-corrected chi connectivity index (χ1v) is 5.72. The fourth-order valence-corrected chi connectivity index (χ4v) is 1.61. The predicted molar refractivity (Wildman–Crippen MR) is 63.8 cm³/mol. The van der Waals surface area contributed by atoms with Gasteiger partial charge in [0.1, 0.15) is 0 Å². The third-order valence-corrected chi connectivity index (χ3v) is 2.60. The van der Waals surface area contributed by atoms with Crippen LogP contribution in [0.25, 0.3) is 0 Å². The van der Waals surface area contributed by atoms with Crippen molar-refractivity contribution in [3.05, 3.63) is 35.4 Å². The van der Waals surface area contributed by atoms with Crippen LogP contribution in [0, 0.1) is 0 Å². The topological polar surface area (TPSA) is 46.2 Å². The second-order valence-electron chi connectivity index (χ2n) is 3.99. The van der Waals surface area contributed by atoms with Crippen LogP contribution in [0.2, 0.25) is 0 Å². The van der Waals surface area contributed by atoms with Crippen molar-refractivity contribution in [1.29, 1.82) is 0 Å². The molecule has 0 aromatic heterocycles. The molecule has 1 atom stereocenters. The maximum Gasteiger partial charge on any atom is 0.0665 e. The molecule has 0 amide bonds. The summed E-state index contributed by atoms with van der Waals surface area (Å²) in [5, 5.41) is 9.33. The lowest BCUT2D eigenvalue weighted by Crippen LogP contribution is -2.20. The molecule has 1 aromatic rings. The van der Waals surface area contributed by atoms with Crippen molar-refractivity contribution in [1.82, 2.24) is 0 Å². The maximum atomic E-state index is 9.33. The van der Waals surface area contributed by atoms with E-state index >= 15 is 0 Å². The number of aliphatic hydroxyl groups is 1. The van der Waals surface area contributed by atoms with Gasteiger partial charge in [-0.25, -0.2) is 0 Å². The molecule has 0 heterocycles. The molecule has 0 saturated heterocycles. The molecule has 3 N–H and O–H groups in total. The summed E-state index contributed by atoms with van der Waals surface area (Å²) in [6, 6.07) is 8.64. The van der Waals surface area contributed by atoms with Crippen LogP contribution in [0.3, 0.4) is 0 Å². The molecule has 0 aliphatic rings. The van der Waals surface area contributed by atoms with E-state index < -0.39 is 0 Å². The molecule has 0 bridgehead atoms. The van der Waals surface area contributed by atoms with Gasteiger partial charge in [0.2, 0.25) is 0 Å². The van der Waals surface area contributed by atoms with Crippen molar-refractivity contribution in [2.24, 2.45) is 5.73 Å². The lowest BCUT2D eigenvalue weighted by Gasteiger charge is -2.07. The molecule has 0 fully saturated rings. The van der Waals surface area contributed by atoms with Gasteiger partial charge in [-0.15, -0.1) is 0 Å². The van der Waals surface area contributed by atoms with Crippen LogP contribution in [0.5, 0.6) is 0 Å². The monoisotopic (exact) mass is 207 g/mol. The first-order chi connectivity index (χ1) is 7.26. The molecule has 15 heavy (non-hydrogen) atoms. The average molecular weight is 207 g/mol. The first-order valence-electron chi connectivity index (χ1n) is 5.72. The zero-order valence-corrected chi connectivity index (χ0v) is 9.45. The third kappa shape index (κ3) is 4.45. The van der Waals surface area contributed by atoms with Crippen LogP contribution in [0.15, 0.2) is 24.3 Å². The zero-order valence-electron chi connectivity index (χ0n) is 9.45. The molecule has 0 spiro atoms. The van der Waals surface area contributed by atoms with Gasteiger partial charge in [0.05, 0.1) is 6.10 Å². The van der Waals surface area contributed by atoms with Gasteiger partial charge in [0.15, 0.2) is 0 Å². The van der Waals surface area contributed by atoms with E-state index in [1.165, 1.54) is 17.5 Å². The van der Waals surface area contributed by atoms with E-state index in [4.69, 9.17) is 5.73 Å². The van der Waals surface area contributed by atoms with E-state index in [0.29, 0.717) is 6.54 Å². The Morgan fingerprint density at radius 2 is 1.67 bits per heavy atom. The highest BCUT2D eigenvalue weighted by Gasteiger charge is 2.01. The number of aliphatic hydroxyl groups excluding tert-OH is 1. The summed E-state index contributed by atoms with van der Waals surface area (Å²) in [6.45, 7) is 2.54. The van der Waals surface area contributed by atoms with E-state index in [9.17, 15) is 5.11 Å². The van der Waals surface area contributed by atoms with Crippen molar-refractivity contribution < 1.29 is 5.11 Å². The zero-order chi connectivity index (χ0) is 11.1. The van der Waals surface area contributed by atoms with E-state index in [0.717, 1.165) is 19.3 Å². The van der Waals surface area contributed by atoms with Gasteiger partial charge in [0.25, 0.3) is 0 Å². The quantitative estimate of drug-likeness (QED) is 0.748. The van der Waals surface area contributed by atoms with Crippen LogP contribution in [0.4, 0.5) is 0 Å². The molecule has 2 nitrogen and oxygen atoms in total. The summed E-state index contributed by atoms with van der Waals surface area (Å²) in [4.78, 5) is 0. The molecule has 84 valence electrons. The third-order valence-electron chi connectivity index (χ3n) is 2.60. The standard InChI is InChI=1S/C13H21NO/c1-2-3-11-4-6-12(7-5-11)8-9-13(15)10-14/h4-7,13,15H,2-3,8-10,14H2,1H3. The number of rotatable bonds is 6. The largest absolute Gasteiger partial charge is 0.392 e. The Labute approximate surface area is 92.1 Å². The maximum absolute atomic E-state index is 9.33. The molecule has 0 saturated carbocycles. The van der Waals surface area contributed by atoms with Gasteiger partial charge in [0, 0.05) is 6.54 Å². The van der Waals surface area contributed by atoms with E-state index in [1.807, 2.05) is 0 Å². The summed E-state index contributed by atoms with van der Waals surface area (Å²) < 4.78 is 0. The molecule has 1 aromatic carbocycles. The smallest absolute Gasteiger partial charge is 0.0665 e. The Hall–Kier alpha value is -0.860. The van der Waals surface area contributed by atoms with Gasteiger partial charge in [-0.2, -0.15) is 0 Å². The number of benzene rings is 1. The lowest BCUT2D eigenvalue weighted by molar-refractivity contribution is 0.173. The van der Waals surface area contributed by atoms with E-state index in [1.54, 1.807) is 0 Å². The number of aryl methyl sites for hydroxylation is 2. The molecular formula is C13H21NO.